The number of likely N-dealkylation sites (tertiary alicyclic amines) is 1. The van der Waals surface area contributed by atoms with Gasteiger partial charge in [-0.15, -0.1) is 24.0 Å². The van der Waals surface area contributed by atoms with Crippen molar-refractivity contribution in [2.75, 3.05) is 59.5 Å². The van der Waals surface area contributed by atoms with Gasteiger partial charge in [-0.2, -0.15) is 13.2 Å². The molecule has 10 heteroatoms. The Kier molecular flexibility index (Phi) is 11.0. The van der Waals surface area contributed by atoms with E-state index in [1.165, 1.54) is 17.5 Å². The molecule has 182 valence electrons. The quantitative estimate of drug-likeness (QED) is 0.226. The third-order valence-corrected chi connectivity index (χ3v) is 5.69. The van der Waals surface area contributed by atoms with Crippen LogP contribution in [0.5, 0.6) is 0 Å². The molecule has 0 spiro atoms. The van der Waals surface area contributed by atoms with Gasteiger partial charge in [0.25, 0.3) is 0 Å². The molecular weight excluding hydrogens is 534 g/mol. The number of fused-ring (bicyclic) bond motifs is 1. The van der Waals surface area contributed by atoms with Gasteiger partial charge in [0.1, 0.15) is 0 Å². The van der Waals surface area contributed by atoms with E-state index in [4.69, 9.17) is 4.74 Å². The summed E-state index contributed by atoms with van der Waals surface area (Å²) >= 11 is 0. The average molecular weight is 569 g/mol. The van der Waals surface area contributed by atoms with Crippen LogP contribution >= 0.6 is 24.0 Å². The van der Waals surface area contributed by atoms with Gasteiger partial charge in [0.2, 0.25) is 0 Å². The number of halogens is 4. The van der Waals surface area contributed by atoms with Gasteiger partial charge in [0.05, 0.1) is 25.3 Å². The van der Waals surface area contributed by atoms with Crippen molar-refractivity contribution in [3.05, 3.63) is 35.9 Å². The smallest absolute Gasteiger partial charge is 0.373 e. The van der Waals surface area contributed by atoms with E-state index in [0.717, 1.165) is 45.3 Å². The van der Waals surface area contributed by atoms with E-state index in [0.29, 0.717) is 25.6 Å². The van der Waals surface area contributed by atoms with Crippen molar-refractivity contribution >= 4 is 29.9 Å². The zero-order valence-electron chi connectivity index (χ0n) is 18.9. The van der Waals surface area contributed by atoms with Crippen LogP contribution in [0.2, 0.25) is 0 Å². The molecule has 0 aromatic heterocycles. The van der Waals surface area contributed by atoms with Crippen LogP contribution in [0.25, 0.3) is 0 Å². The maximum absolute atomic E-state index is 12.5. The lowest BCUT2D eigenvalue weighted by atomic mass is 10.1. The molecule has 2 atom stereocenters. The Balaban J connectivity index is 0.00000363. The van der Waals surface area contributed by atoms with Crippen molar-refractivity contribution in [1.82, 2.24) is 20.0 Å². The number of rotatable bonds is 8. The van der Waals surface area contributed by atoms with Crippen molar-refractivity contribution in [2.45, 2.75) is 38.2 Å². The fraction of sp³-hybridized carbons (Fsp3) is 0.682. The lowest BCUT2D eigenvalue weighted by Crippen LogP contribution is -2.50. The van der Waals surface area contributed by atoms with Crippen LogP contribution < -0.4 is 5.32 Å². The van der Waals surface area contributed by atoms with E-state index in [1.54, 1.807) is 0 Å². The van der Waals surface area contributed by atoms with Crippen LogP contribution in [0.1, 0.15) is 18.9 Å². The molecule has 0 bridgehead atoms. The van der Waals surface area contributed by atoms with Crippen molar-refractivity contribution in [2.24, 2.45) is 4.99 Å². The van der Waals surface area contributed by atoms with Gasteiger partial charge >= 0.3 is 6.18 Å². The molecule has 0 aliphatic carbocycles. The lowest BCUT2D eigenvalue weighted by molar-refractivity contribution is -0.143. The molecule has 1 aromatic rings. The summed E-state index contributed by atoms with van der Waals surface area (Å²) in [6.07, 6.45) is -3.44. The Labute approximate surface area is 206 Å². The van der Waals surface area contributed by atoms with Crippen molar-refractivity contribution in [3.8, 4) is 0 Å². The third kappa shape index (κ3) is 8.35. The maximum atomic E-state index is 12.5. The summed E-state index contributed by atoms with van der Waals surface area (Å²) in [4.78, 5) is 10.7. The van der Waals surface area contributed by atoms with Gasteiger partial charge < -0.3 is 15.0 Å². The normalized spacial score (nSPS) is 22.1. The minimum atomic E-state index is -4.16. The van der Waals surface area contributed by atoms with E-state index in [-0.39, 0.29) is 30.1 Å². The van der Waals surface area contributed by atoms with Crippen LogP contribution in [0, 0.1) is 0 Å². The Morgan fingerprint density at radius 3 is 2.69 bits per heavy atom. The number of aliphatic imine (C=N–C) groups is 1. The standard InChI is InChI=1S/C22H34F3N5O.HI/c1-3-26-21(27-10-7-11-28(2)17-22(23,24)25)30-15-19-20(16-30)31-13-12-29(19)14-18-8-5-4-6-9-18;/h4-6,8-9,19-20H,3,7,10-17H2,1-2H3,(H,26,27);1H. The second-order valence-corrected chi connectivity index (χ2v) is 8.28. The minimum Gasteiger partial charge on any atom is -0.373 e. The molecule has 0 amide bonds. The third-order valence-electron chi connectivity index (χ3n) is 5.69. The molecular formula is C22H35F3IN5O. The predicted molar refractivity (Wildman–Crippen MR) is 132 cm³/mol. The second kappa shape index (κ2) is 13.0. The largest absolute Gasteiger partial charge is 0.401 e. The van der Waals surface area contributed by atoms with Gasteiger partial charge in [-0.25, -0.2) is 0 Å². The van der Waals surface area contributed by atoms with Gasteiger partial charge in [-0.05, 0) is 32.5 Å². The first kappa shape index (κ1) is 27.1. The number of hydrogen-bond donors (Lipinski definition) is 1. The first-order valence-corrected chi connectivity index (χ1v) is 11.0. The zero-order chi connectivity index (χ0) is 22.3. The molecule has 0 saturated carbocycles. The summed E-state index contributed by atoms with van der Waals surface area (Å²) in [5, 5.41) is 3.33. The van der Waals surface area contributed by atoms with Gasteiger partial charge in [-0.3, -0.25) is 14.8 Å². The number of nitrogens with one attached hydrogen (secondary N) is 1. The zero-order valence-corrected chi connectivity index (χ0v) is 21.2. The molecule has 2 unspecified atom stereocenters. The highest BCUT2D eigenvalue weighted by Crippen LogP contribution is 2.24. The highest BCUT2D eigenvalue weighted by molar-refractivity contribution is 14.0. The molecule has 2 aliphatic heterocycles. The van der Waals surface area contributed by atoms with Crippen LogP contribution in [-0.2, 0) is 11.3 Å². The number of guanidine groups is 1. The van der Waals surface area contributed by atoms with Crippen molar-refractivity contribution < 1.29 is 17.9 Å². The number of hydrogen-bond acceptors (Lipinski definition) is 4. The molecule has 1 aromatic carbocycles. The lowest BCUT2D eigenvalue weighted by Gasteiger charge is -2.36. The first-order valence-electron chi connectivity index (χ1n) is 11.0. The fourth-order valence-corrected chi connectivity index (χ4v) is 4.28. The summed E-state index contributed by atoms with van der Waals surface area (Å²) in [6.45, 7) is 6.87. The second-order valence-electron chi connectivity index (χ2n) is 8.28. The maximum Gasteiger partial charge on any atom is 0.401 e. The summed E-state index contributed by atoms with van der Waals surface area (Å²) in [6, 6.07) is 10.8. The van der Waals surface area contributed by atoms with E-state index in [1.807, 2.05) is 13.0 Å². The monoisotopic (exact) mass is 569 g/mol. The van der Waals surface area contributed by atoms with E-state index in [9.17, 15) is 13.2 Å². The van der Waals surface area contributed by atoms with Gasteiger partial charge in [0.15, 0.2) is 5.96 Å². The van der Waals surface area contributed by atoms with Crippen molar-refractivity contribution in [1.29, 1.82) is 0 Å². The molecule has 2 saturated heterocycles. The Morgan fingerprint density at radius 1 is 1.25 bits per heavy atom. The fourth-order valence-electron chi connectivity index (χ4n) is 4.28. The topological polar surface area (TPSA) is 43.3 Å². The Morgan fingerprint density at radius 2 is 2.00 bits per heavy atom. The SMILES string of the molecule is CCNC(=NCCCN(C)CC(F)(F)F)N1CC2OCCN(Cc3ccccc3)C2C1.I. The van der Waals surface area contributed by atoms with Gasteiger partial charge in [-0.1, -0.05) is 30.3 Å². The summed E-state index contributed by atoms with van der Waals surface area (Å²) in [7, 11) is 1.49. The minimum absolute atomic E-state index is 0. The summed E-state index contributed by atoms with van der Waals surface area (Å²) < 4.78 is 43.4. The molecule has 2 heterocycles. The van der Waals surface area contributed by atoms with Crippen molar-refractivity contribution in [3.63, 3.8) is 0 Å². The molecule has 3 rings (SSSR count). The predicted octanol–water partition coefficient (Wildman–Crippen LogP) is 3.04. The van der Waals surface area contributed by atoms with Crippen LogP contribution in [0.15, 0.2) is 35.3 Å². The van der Waals surface area contributed by atoms with Crippen LogP contribution in [-0.4, -0.2) is 98.4 Å². The number of nitrogens with zero attached hydrogens (tertiary/aromatic N) is 4. The highest BCUT2D eigenvalue weighted by Gasteiger charge is 2.41. The van der Waals surface area contributed by atoms with Crippen LogP contribution in [0.3, 0.4) is 0 Å². The number of benzene rings is 1. The van der Waals surface area contributed by atoms with Crippen LogP contribution in [0.4, 0.5) is 13.2 Å². The Hall–Kier alpha value is -1.11. The molecule has 0 radical (unpaired) electrons. The van der Waals surface area contributed by atoms with E-state index >= 15 is 0 Å². The molecule has 2 fully saturated rings. The average Bonchev–Trinajstić information content (AvgIpc) is 3.15. The summed E-state index contributed by atoms with van der Waals surface area (Å²) in [5.41, 5.74) is 1.30. The number of morpholine rings is 1. The molecule has 2 aliphatic rings. The molecule has 1 N–H and O–H groups in total. The van der Waals surface area contributed by atoms with Gasteiger partial charge in [0, 0.05) is 39.3 Å². The number of alkyl halides is 3. The molecule has 6 nitrogen and oxygen atoms in total. The van der Waals surface area contributed by atoms with E-state index < -0.39 is 12.7 Å². The number of ether oxygens (including phenoxy) is 1. The Bertz CT molecular complexity index is 707. The summed E-state index contributed by atoms with van der Waals surface area (Å²) in [5.74, 6) is 0.818. The molecule has 32 heavy (non-hydrogen) atoms. The highest BCUT2D eigenvalue weighted by atomic mass is 127. The first-order chi connectivity index (χ1) is 14.9. The van der Waals surface area contributed by atoms with E-state index in [2.05, 4.69) is 44.4 Å².